The molecule has 0 atom stereocenters. The van der Waals surface area contributed by atoms with Crippen LogP contribution >= 0.6 is 15.9 Å². The zero-order valence-corrected chi connectivity index (χ0v) is 13.1. The standard InChI is InChI=1S/C15H11BrN4O2/c1-8-2-3-9(7-17-8)14(21)20-19-13-11-6-10(16)4-5-12(11)18-15(13)22/h2-7,18,22H,1H3. The second kappa shape index (κ2) is 5.69. The molecule has 0 saturated heterocycles. The summed E-state index contributed by atoms with van der Waals surface area (Å²) in [5.74, 6) is -0.650. The van der Waals surface area contributed by atoms with Gasteiger partial charge in [0.15, 0.2) is 5.69 Å². The third kappa shape index (κ3) is 2.75. The lowest BCUT2D eigenvalue weighted by atomic mass is 10.2. The van der Waals surface area contributed by atoms with Gasteiger partial charge in [0.25, 0.3) is 5.91 Å². The van der Waals surface area contributed by atoms with E-state index in [-0.39, 0.29) is 11.6 Å². The van der Waals surface area contributed by atoms with Crippen molar-refractivity contribution in [2.24, 2.45) is 10.2 Å². The number of rotatable bonds is 2. The normalized spacial score (nSPS) is 11.4. The van der Waals surface area contributed by atoms with E-state index in [2.05, 4.69) is 36.1 Å². The van der Waals surface area contributed by atoms with Crippen LogP contribution in [0.15, 0.2) is 51.2 Å². The van der Waals surface area contributed by atoms with E-state index in [0.717, 1.165) is 10.2 Å². The van der Waals surface area contributed by atoms with E-state index in [1.165, 1.54) is 6.20 Å². The molecule has 0 spiro atoms. The first-order chi connectivity index (χ1) is 10.5. The minimum absolute atomic E-state index is 0.133. The molecule has 0 aliphatic heterocycles. The molecular weight excluding hydrogens is 348 g/mol. The molecule has 1 aromatic carbocycles. The molecule has 3 aromatic rings. The summed E-state index contributed by atoms with van der Waals surface area (Å²) in [6.07, 6.45) is 1.45. The Morgan fingerprint density at radius 3 is 2.86 bits per heavy atom. The minimum Gasteiger partial charge on any atom is -0.493 e. The molecule has 0 fully saturated rings. The number of pyridine rings is 1. The van der Waals surface area contributed by atoms with E-state index >= 15 is 0 Å². The number of aryl methyl sites for hydroxylation is 1. The molecule has 7 heteroatoms. The predicted molar refractivity (Wildman–Crippen MR) is 85.5 cm³/mol. The zero-order chi connectivity index (χ0) is 15.7. The summed E-state index contributed by atoms with van der Waals surface area (Å²) < 4.78 is 0.838. The van der Waals surface area contributed by atoms with E-state index in [1.54, 1.807) is 24.3 Å². The summed E-state index contributed by atoms with van der Waals surface area (Å²) in [6.45, 7) is 1.83. The number of amides is 1. The SMILES string of the molecule is Cc1ccc(C(=O)N=Nc2c(O)[nH]c3ccc(Br)cc23)cn1. The molecular formula is C15H11BrN4O2. The molecule has 0 saturated carbocycles. The number of fused-ring (bicyclic) bond motifs is 1. The van der Waals surface area contributed by atoms with Crippen LogP contribution in [-0.4, -0.2) is 21.0 Å². The predicted octanol–water partition coefficient (Wildman–Crippen LogP) is 4.26. The first-order valence-corrected chi connectivity index (χ1v) is 7.23. The Bertz CT molecular complexity index is 884. The van der Waals surface area contributed by atoms with Crippen LogP contribution in [-0.2, 0) is 0 Å². The summed E-state index contributed by atoms with van der Waals surface area (Å²) in [6, 6.07) is 8.78. The Kier molecular flexibility index (Phi) is 3.72. The zero-order valence-electron chi connectivity index (χ0n) is 11.5. The van der Waals surface area contributed by atoms with Crippen LogP contribution in [0.1, 0.15) is 16.1 Å². The Balaban J connectivity index is 1.95. The lowest BCUT2D eigenvalue weighted by molar-refractivity contribution is 0.0994. The number of aromatic amines is 1. The van der Waals surface area contributed by atoms with E-state index in [4.69, 9.17) is 0 Å². The number of H-pyrrole nitrogens is 1. The average molecular weight is 359 g/mol. The lowest BCUT2D eigenvalue weighted by Gasteiger charge is -1.95. The molecule has 1 amide bonds. The third-order valence-corrected chi connectivity index (χ3v) is 3.61. The molecule has 2 heterocycles. The van der Waals surface area contributed by atoms with Crippen molar-refractivity contribution >= 4 is 38.4 Å². The smallest absolute Gasteiger partial charge is 0.296 e. The van der Waals surface area contributed by atoms with Gasteiger partial charge in [-0.05, 0) is 37.3 Å². The summed E-state index contributed by atoms with van der Waals surface area (Å²) in [7, 11) is 0. The highest BCUT2D eigenvalue weighted by Crippen LogP contribution is 2.36. The van der Waals surface area contributed by atoms with Crippen molar-refractivity contribution in [1.82, 2.24) is 9.97 Å². The van der Waals surface area contributed by atoms with Crippen molar-refractivity contribution < 1.29 is 9.90 Å². The van der Waals surface area contributed by atoms with Gasteiger partial charge in [-0.2, -0.15) is 0 Å². The maximum Gasteiger partial charge on any atom is 0.296 e. The lowest BCUT2D eigenvalue weighted by Crippen LogP contribution is -1.95. The van der Waals surface area contributed by atoms with E-state index < -0.39 is 5.91 Å². The Labute approximate surface area is 134 Å². The average Bonchev–Trinajstić information content (AvgIpc) is 2.80. The fourth-order valence-electron chi connectivity index (χ4n) is 1.98. The summed E-state index contributed by atoms with van der Waals surface area (Å²) in [4.78, 5) is 18.8. The van der Waals surface area contributed by atoms with Crippen molar-refractivity contribution in [3.8, 4) is 5.88 Å². The monoisotopic (exact) mass is 358 g/mol. The van der Waals surface area contributed by atoms with Gasteiger partial charge in [-0.1, -0.05) is 15.9 Å². The van der Waals surface area contributed by atoms with Crippen LogP contribution in [0.4, 0.5) is 5.69 Å². The van der Waals surface area contributed by atoms with Gasteiger partial charge in [0.1, 0.15) is 0 Å². The van der Waals surface area contributed by atoms with Gasteiger partial charge in [0.2, 0.25) is 5.88 Å². The van der Waals surface area contributed by atoms with Gasteiger partial charge in [0.05, 0.1) is 11.1 Å². The van der Waals surface area contributed by atoms with Crippen molar-refractivity contribution in [3.63, 3.8) is 0 Å². The van der Waals surface area contributed by atoms with Crippen molar-refractivity contribution in [2.75, 3.05) is 0 Å². The molecule has 0 aliphatic rings. The fraction of sp³-hybridized carbons (Fsp3) is 0.0667. The second-order valence-corrected chi connectivity index (χ2v) is 5.62. The topological polar surface area (TPSA) is 90.7 Å². The molecule has 0 radical (unpaired) electrons. The minimum atomic E-state index is -0.517. The molecule has 2 aromatic heterocycles. The number of carbonyl (C=O) groups is 1. The highest BCUT2D eigenvalue weighted by Gasteiger charge is 2.12. The van der Waals surface area contributed by atoms with Gasteiger partial charge in [-0.3, -0.25) is 9.78 Å². The molecule has 0 bridgehead atoms. The van der Waals surface area contributed by atoms with Gasteiger partial charge >= 0.3 is 0 Å². The van der Waals surface area contributed by atoms with Crippen LogP contribution in [0, 0.1) is 6.92 Å². The maximum atomic E-state index is 12.0. The largest absolute Gasteiger partial charge is 0.493 e. The Morgan fingerprint density at radius 2 is 2.14 bits per heavy atom. The number of nitrogens with one attached hydrogen (secondary N) is 1. The number of halogens is 1. The van der Waals surface area contributed by atoms with Crippen molar-refractivity contribution in [1.29, 1.82) is 0 Å². The van der Waals surface area contributed by atoms with Gasteiger partial charge in [-0.15, -0.1) is 10.2 Å². The third-order valence-electron chi connectivity index (χ3n) is 3.11. The molecule has 22 heavy (non-hydrogen) atoms. The van der Waals surface area contributed by atoms with Crippen LogP contribution < -0.4 is 0 Å². The Hall–Kier alpha value is -2.54. The molecule has 2 N–H and O–H groups in total. The fourth-order valence-corrected chi connectivity index (χ4v) is 2.35. The first-order valence-electron chi connectivity index (χ1n) is 6.43. The first kappa shape index (κ1) is 14.4. The van der Waals surface area contributed by atoms with Crippen LogP contribution in [0.3, 0.4) is 0 Å². The van der Waals surface area contributed by atoms with Crippen molar-refractivity contribution in [3.05, 3.63) is 52.3 Å². The number of hydrogen-bond acceptors (Lipinski definition) is 4. The number of aromatic nitrogens is 2. The van der Waals surface area contributed by atoms with E-state index in [9.17, 15) is 9.90 Å². The molecule has 3 rings (SSSR count). The summed E-state index contributed by atoms with van der Waals surface area (Å²) in [5, 5.41) is 18.1. The highest BCUT2D eigenvalue weighted by atomic mass is 79.9. The Morgan fingerprint density at radius 1 is 1.32 bits per heavy atom. The quantitative estimate of drug-likeness (QED) is 0.670. The van der Waals surface area contributed by atoms with Gasteiger partial charge < -0.3 is 10.1 Å². The molecule has 0 unspecified atom stereocenters. The van der Waals surface area contributed by atoms with E-state index in [0.29, 0.717) is 16.5 Å². The summed E-state index contributed by atoms with van der Waals surface area (Å²) in [5.41, 5.74) is 2.09. The number of nitrogens with zero attached hydrogens (tertiary/aromatic N) is 3. The number of aromatic hydroxyl groups is 1. The molecule has 0 aliphatic carbocycles. The van der Waals surface area contributed by atoms with Crippen LogP contribution in [0.5, 0.6) is 5.88 Å². The van der Waals surface area contributed by atoms with Gasteiger partial charge in [-0.25, -0.2) is 0 Å². The van der Waals surface area contributed by atoms with Crippen LogP contribution in [0.2, 0.25) is 0 Å². The number of benzene rings is 1. The number of carbonyl (C=O) groups excluding carboxylic acids is 1. The number of azo groups is 1. The van der Waals surface area contributed by atoms with E-state index in [1.807, 2.05) is 13.0 Å². The number of hydrogen-bond donors (Lipinski definition) is 2. The molecule has 110 valence electrons. The van der Waals surface area contributed by atoms with Gasteiger partial charge in [0, 0.05) is 21.7 Å². The summed E-state index contributed by atoms with van der Waals surface area (Å²) >= 11 is 3.36. The highest BCUT2D eigenvalue weighted by molar-refractivity contribution is 9.10. The van der Waals surface area contributed by atoms with Crippen LogP contribution in [0.25, 0.3) is 10.9 Å². The van der Waals surface area contributed by atoms with Crippen molar-refractivity contribution in [2.45, 2.75) is 6.92 Å². The second-order valence-electron chi connectivity index (χ2n) is 4.71. The maximum absolute atomic E-state index is 12.0. The molecule has 6 nitrogen and oxygen atoms in total.